The highest BCUT2D eigenvalue weighted by atomic mass is 35.5. The molecule has 0 saturated carbocycles. The first-order valence-electron chi connectivity index (χ1n) is 10.4. The molecule has 2 aliphatic heterocycles. The van der Waals surface area contributed by atoms with Crippen molar-refractivity contribution < 1.29 is 14.2 Å². The van der Waals surface area contributed by atoms with Gasteiger partial charge in [-0.3, -0.25) is 4.79 Å². The van der Waals surface area contributed by atoms with E-state index < -0.39 is 0 Å². The van der Waals surface area contributed by atoms with Gasteiger partial charge in [0.1, 0.15) is 30.1 Å². The van der Waals surface area contributed by atoms with Crippen LogP contribution in [0.4, 0.5) is 5.82 Å². The first-order valence-corrected chi connectivity index (χ1v) is 10.8. The number of ether oxygens (including phenoxy) is 3. The Morgan fingerprint density at radius 2 is 1.84 bits per heavy atom. The van der Waals surface area contributed by atoms with E-state index in [4.69, 9.17) is 25.8 Å². The minimum atomic E-state index is -0.345. The van der Waals surface area contributed by atoms with Crippen molar-refractivity contribution in [1.82, 2.24) is 14.6 Å². The molecule has 2 aliphatic rings. The van der Waals surface area contributed by atoms with Gasteiger partial charge in [0.2, 0.25) is 0 Å². The second-order valence-corrected chi connectivity index (χ2v) is 8.22. The summed E-state index contributed by atoms with van der Waals surface area (Å²) in [6.07, 6.45) is 1.78. The average Bonchev–Trinajstić information content (AvgIpc) is 2.78. The van der Waals surface area contributed by atoms with Gasteiger partial charge in [-0.1, -0.05) is 11.6 Å². The molecule has 0 radical (unpaired) electrons. The topological polar surface area (TPSA) is 78.2 Å². The third-order valence-electron chi connectivity index (χ3n) is 5.65. The van der Waals surface area contributed by atoms with Gasteiger partial charge in [0.25, 0.3) is 5.56 Å². The van der Waals surface area contributed by atoms with Crippen molar-refractivity contribution in [2.45, 2.75) is 32.8 Å². The smallest absolute Gasteiger partial charge is 0.293 e. The summed E-state index contributed by atoms with van der Waals surface area (Å²) in [7, 11) is 0. The molecule has 0 atom stereocenters. The molecule has 5 rings (SSSR count). The molecule has 1 fully saturated rings. The summed E-state index contributed by atoms with van der Waals surface area (Å²) >= 11 is 6.09. The minimum absolute atomic E-state index is 0.0982. The normalized spacial score (nSPS) is 16.5. The third kappa shape index (κ3) is 3.76. The molecule has 8 nitrogen and oxygen atoms in total. The van der Waals surface area contributed by atoms with Crippen molar-refractivity contribution in [2.75, 3.05) is 31.2 Å². The SMILES string of the molecule is Cc1cc2nc(C)c(Cl)c(=O)n2nc1N1CCC(Oc2ccc3c(c2)OCCO3)CC1. The molecular weight excluding hydrogens is 420 g/mol. The number of benzene rings is 1. The summed E-state index contributed by atoms with van der Waals surface area (Å²) in [6, 6.07) is 7.58. The van der Waals surface area contributed by atoms with Crippen molar-refractivity contribution >= 4 is 23.1 Å². The van der Waals surface area contributed by atoms with Crippen LogP contribution in [0.2, 0.25) is 5.02 Å². The number of fused-ring (bicyclic) bond motifs is 2. The molecule has 4 heterocycles. The molecular formula is C22H23ClN4O4. The number of piperidine rings is 1. The van der Waals surface area contributed by atoms with Crippen LogP contribution < -0.4 is 24.7 Å². The van der Waals surface area contributed by atoms with Crippen LogP contribution in [0.15, 0.2) is 29.1 Å². The van der Waals surface area contributed by atoms with E-state index in [2.05, 4.69) is 15.0 Å². The van der Waals surface area contributed by atoms with Gasteiger partial charge >= 0.3 is 0 Å². The highest BCUT2D eigenvalue weighted by Crippen LogP contribution is 2.34. The van der Waals surface area contributed by atoms with Gasteiger partial charge in [0.05, 0.1) is 5.69 Å². The van der Waals surface area contributed by atoms with Gasteiger partial charge in [-0.2, -0.15) is 4.52 Å². The highest BCUT2D eigenvalue weighted by Gasteiger charge is 2.24. The van der Waals surface area contributed by atoms with E-state index in [1.54, 1.807) is 6.92 Å². The first-order chi connectivity index (χ1) is 15.0. The number of halogens is 1. The van der Waals surface area contributed by atoms with Crippen LogP contribution in [0, 0.1) is 13.8 Å². The summed E-state index contributed by atoms with van der Waals surface area (Å²) < 4.78 is 18.7. The highest BCUT2D eigenvalue weighted by molar-refractivity contribution is 6.31. The first kappa shape index (κ1) is 19.9. The van der Waals surface area contributed by atoms with Crippen LogP contribution in [0.5, 0.6) is 17.2 Å². The fourth-order valence-electron chi connectivity index (χ4n) is 4.03. The van der Waals surface area contributed by atoms with Crippen molar-refractivity contribution in [3.8, 4) is 17.2 Å². The fourth-order valence-corrected chi connectivity index (χ4v) is 4.15. The van der Waals surface area contributed by atoms with E-state index >= 15 is 0 Å². The number of aromatic nitrogens is 3. The lowest BCUT2D eigenvalue weighted by atomic mass is 10.1. The third-order valence-corrected chi connectivity index (χ3v) is 6.08. The zero-order valence-corrected chi connectivity index (χ0v) is 18.2. The van der Waals surface area contributed by atoms with Crippen molar-refractivity contribution in [2.24, 2.45) is 0 Å². The molecule has 1 aromatic carbocycles. The zero-order chi connectivity index (χ0) is 21.5. The summed E-state index contributed by atoms with van der Waals surface area (Å²) in [5, 5.41) is 4.67. The van der Waals surface area contributed by atoms with Gasteiger partial charge in [0.15, 0.2) is 23.0 Å². The van der Waals surface area contributed by atoms with Crippen LogP contribution >= 0.6 is 11.6 Å². The lowest BCUT2D eigenvalue weighted by Gasteiger charge is -2.33. The van der Waals surface area contributed by atoms with Gasteiger partial charge in [-0.25, -0.2) is 4.98 Å². The molecule has 3 aromatic rings. The van der Waals surface area contributed by atoms with E-state index in [1.807, 2.05) is 31.2 Å². The van der Waals surface area contributed by atoms with Gasteiger partial charge in [-0.15, -0.1) is 5.10 Å². The van der Waals surface area contributed by atoms with Gasteiger partial charge in [-0.05, 0) is 37.6 Å². The lowest BCUT2D eigenvalue weighted by molar-refractivity contribution is 0.159. The van der Waals surface area contributed by atoms with E-state index in [0.717, 1.165) is 54.6 Å². The second-order valence-electron chi connectivity index (χ2n) is 7.85. The zero-order valence-electron chi connectivity index (χ0n) is 17.4. The number of anilines is 1. The molecule has 0 aliphatic carbocycles. The standard InChI is InChI=1S/C22H23ClN4O4/c1-13-11-19-24-14(2)20(23)22(28)27(19)25-21(13)26-7-5-15(6-8-26)31-16-3-4-17-18(12-16)30-10-9-29-17/h3-4,11-12,15H,5-10H2,1-2H3. The summed E-state index contributed by atoms with van der Waals surface area (Å²) in [5.41, 5.74) is 1.64. The maximum Gasteiger partial charge on any atom is 0.293 e. The molecule has 0 unspecified atom stereocenters. The Kier molecular flexibility index (Phi) is 5.09. The Balaban J connectivity index is 1.31. The maximum atomic E-state index is 12.5. The predicted molar refractivity (Wildman–Crippen MR) is 117 cm³/mol. The van der Waals surface area contributed by atoms with Crippen LogP contribution in [0.25, 0.3) is 5.65 Å². The molecule has 1 saturated heterocycles. The lowest BCUT2D eigenvalue weighted by Crippen LogP contribution is -2.39. The number of rotatable bonds is 3. The number of hydrogen-bond donors (Lipinski definition) is 0. The Morgan fingerprint density at radius 3 is 2.61 bits per heavy atom. The Bertz CT molecular complexity index is 1200. The van der Waals surface area contributed by atoms with Gasteiger partial charge in [0, 0.05) is 32.0 Å². The molecule has 0 N–H and O–H groups in total. The summed E-state index contributed by atoms with van der Waals surface area (Å²) in [5.74, 6) is 3.04. The van der Waals surface area contributed by atoms with E-state index in [9.17, 15) is 4.79 Å². The van der Waals surface area contributed by atoms with Crippen molar-refractivity contribution in [3.05, 3.63) is 50.9 Å². The van der Waals surface area contributed by atoms with Crippen molar-refractivity contribution in [1.29, 1.82) is 0 Å². The number of nitrogens with zero attached hydrogens (tertiary/aromatic N) is 4. The van der Waals surface area contributed by atoms with Crippen molar-refractivity contribution in [3.63, 3.8) is 0 Å². The van der Waals surface area contributed by atoms with Crippen LogP contribution in [0.3, 0.4) is 0 Å². The Morgan fingerprint density at radius 1 is 1.10 bits per heavy atom. The molecule has 162 valence electrons. The van der Waals surface area contributed by atoms with E-state index in [1.165, 1.54) is 4.52 Å². The van der Waals surface area contributed by atoms with Crippen LogP contribution in [-0.4, -0.2) is 47.0 Å². The van der Waals surface area contributed by atoms with E-state index in [-0.39, 0.29) is 16.7 Å². The minimum Gasteiger partial charge on any atom is -0.490 e. The number of hydrogen-bond acceptors (Lipinski definition) is 7. The monoisotopic (exact) mass is 442 g/mol. The molecule has 0 amide bonds. The Labute approximate surface area is 184 Å². The largest absolute Gasteiger partial charge is 0.490 e. The molecule has 31 heavy (non-hydrogen) atoms. The summed E-state index contributed by atoms with van der Waals surface area (Å²) in [4.78, 5) is 19.1. The average molecular weight is 443 g/mol. The Hall–Kier alpha value is -3.00. The molecule has 0 bridgehead atoms. The quantitative estimate of drug-likeness (QED) is 0.616. The fraction of sp³-hybridized carbons (Fsp3) is 0.409. The second kappa shape index (κ2) is 7.92. The molecule has 9 heteroatoms. The summed E-state index contributed by atoms with van der Waals surface area (Å²) in [6.45, 7) is 6.38. The molecule has 2 aromatic heterocycles. The van der Waals surface area contributed by atoms with Crippen LogP contribution in [0.1, 0.15) is 24.1 Å². The van der Waals surface area contributed by atoms with Gasteiger partial charge < -0.3 is 19.1 Å². The predicted octanol–water partition coefficient (Wildman–Crippen LogP) is 3.18. The maximum absolute atomic E-state index is 12.5. The molecule has 0 spiro atoms. The number of aryl methyl sites for hydroxylation is 2. The van der Waals surface area contributed by atoms with Crippen LogP contribution in [-0.2, 0) is 0 Å². The van der Waals surface area contributed by atoms with E-state index in [0.29, 0.717) is 24.6 Å².